The van der Waals surface area contributed by atoms with Crippen LogP contribution in [0, 0.1) is 39.9 Å². The van der Waals surface area contributed by atoms with Gasteiger partial charge in [0, 0.05) is 5.56 Å². The summed E-state index contributed by atoms with van der Waals surface area (Å²) in [5, 5.41) is 0. The van der Waals surface area contributed by atoms with Crippen molar-refractivity contribution in [3.8, 4) is 0 Å². The largest absolute Gasteiger partial charge is 0.203 e. The molecule has 23 heavy (non-hydrogen) atoms. The lowest BCUT2D eigenvalue weighted by Gasteiger charge is -2.39. The summed E-state index contributed by atoms with van der Waals surface area (Å²) >= 11 is 0. The average Bonchev–Trinajstić information content (AvgIpc) is 2.50. The van der Waals surface area contributed by atoms with Crippen LogP contribution in [0.5, 0.6) is 0 Å². The molecule has 0 fully saturated rings. The van der Waals surface area contributed by atoms with Crippen LogP contribution in [0.15, 0.2) is 0 Å². The van der Waals surface area contributed by atoms with Crippen LogP contribution < -0.4 is 0 Å². The van der Waals surface area contributed by atoms with E-state index in [1.165, 1.54) is 0 Å². The van der Waals surface area contributed by atoms with E-state index in [-0.39, 0.29) is 5.41 Å². The van der Waals surface area contributed by atoms with E-state index in [0.29, 0.717) is 12.8 Å². The monoisotopic (exact) mass is 336 g/mol. The molecule has 1 atom stereocenters. The molecule has 0 nitrogen and oxygen atoms in total. The van der Waals surface area contributed by atoms with Crippen LogP contribution in [-0.2, 0) is 0 Å². The number of hydrogen-bond donors (Lipinski definition) is 0. The fraction of sp³-hybridized carbons (Fsp3) is 0.667. The normalized spacial score (nSPS) is 14.2. The Morgan fingerprint density at radius 2 is 1.09 bits per heavy atom. The van der Waals surface area contributed by atoms with E-state index < -0.39 is 46.0 Å². The smallest absolute Gasteiger partial charge is 0.200 e. The Kier molecular flexibility index (Phi) is 5.87. The van der Waals surface area contributed by atoms with Crippen molar-refractivity contribution in [3.63, 3.8) is 0 Å². The molecule has 0 spiro atoms. The Morgan fingerprint density at radius 1 is 0.696 bits per heavy atom. The molecule has 1 aromatic carbocycles. The summed E-state index contributed by atoms with van der Waals surface area (Å²) in [6.45, 7) is 11.2. The lowest BCUT2D eigenvalue weighted by molar-refractivity contribution is 0.177. The lowest BCUT2D eigenvalue weighted by Crippen LogP contribution is -2.29. The third-order valence-corrected chi connectivity index (χ3v) is 5.16. The molecule has 5 heteroatoms. The third kappa shape index (κ3) is 3.86. The standard InChI is InChI=1S/C18H25F5/c1-7-17(3,4)9-10(18(5,6)8-2)11-12(19)14(21)16(23)15(22)13(11)20/h10H,7-9H2,1-6H3. The molecule has 0 aliphatic carbocycles. The van der Waals surface area contributed by atoms with Crippen LogP contribution in [-0.4, -0.2) is 0 Å². The van der Waals surface area contributed by atoms with E-state index in [2.05, 4.69) is 0 Å². The number of hydrogen-bond acceptors (Lipinski definition) is 0. The van der Waals surface area contributed by atoms with Gasteiger partial charge in [0.2, 0.25) is 5.82 Å². The van der Waals surface area contributed by atoms with E-state index >= 15 is 0 Å². The zero-order valence-electron chi connectivity index (χ0n) is 14.6. The first kappa shape index (κ1) is 19.9. The Labute approximate surface area is 135 Å². The molecule has 0 radical (unpaired) electrons. The van der Waals surface area contributed by atoms with Crippen LogP contribution in [0.4, 0.5) is 22.0 Å². The minimum absolute atomic E-state index is 0.280. The van der Waals surface area contributed by atoms with Gasteiger partial charge >= 0.3 is 0 Å². The van der Waals surface area contributed by atoms with Gasteiger partial charge < -0.3 is 0 Å². The van der Waals surface area contributed by atoms with Crippen molar-refractivity contribution in [1.82, 2.24) is 0 Å². The van der Waals surface area contributed by atoms with Crippen LogP contribution in [0.25, 0.3) is 0 Å². The maximum Gasteiger partial charge on any atom is 0.200 e. The summed E-state index contributed by atoms with van der Waals surface area (Å²) in [7, 11) is 0. The Morgan fingerprint density at radius 3 is 1.43 bits per heavy atom. The van der Waals surface area contributed by atoms with Crippen molar-refractivity contribution < 1.29 is 22.0 Å². The molecular formula is C18H25F5. The fourth-order valence-corrected chi connectivity index (χ4v) is 2.64. The minimum atomic E-state index is -2.11. The predicted molar refractivity (Wildman–Crippen MR) is 81.7 cm³/mol. The van der Waals surface area contributed by atoms with Crippen molar-refractivity contribution in [2.45, 2.75) is 66.7 Å². The van der Waals surface area contributed by atoms with Crippen LogP contribution in [0.2, 0.25) is 0 Å². The minimum Gasteiger partial charge on any atom is -0.203 e. The van der Waals surface area contributed by atoms with Crippen LogP contribution in [0.3, 0.4) is 0 Å². The van der Waals surface area contributed by atoms with Crippen LogP contribution in [0.1, 0.15) is 72.3 Å². The van der Waals surface area contributed by atoms with E-state index in [1.54, 1.807) is 13.8 Å². The molecular weight excluding hydrogens is 311 g/mol. The van der Waals surface area contributed by atoms with Gasteiger partial charge in [0.05, 0.1) is 0 Å². The Balaban J connectivity index is 3.63. The lowest BCUT2D eigenvalue weighted by atomic mass is 9.65. The van der Waals surface area contributed by atoms with E-state index in [1.807, 2.05) is 27.7 Å². The maximum atomic E-state index is 14.3. The van der Waals surface area contributed by atoms with Gasteiger partial charge in [-0.05, 0) is 23.2 Å². The average molecular weight is 336 g/mol. The first-order chi connectivity index (χ1) is 10.4. The second kappa shape index (κ2) is 6.78. The second-order valence-corrected chi connectivity index (χ2v) is 7.60. The molecule has 0 aliphatic heterocycles. The van der Waals surface area contributed by atoms with Crippen molar-refractivity contribution in [2.75, 3.05) is 0 Å². The molecule has 132 valence electrons. The van der Waals surface area contributed by atoms with E-state index in [9.17, 15) is 22.0 Å². The number of halogens is 5. The van der Waals surface area contributed by atoms with Gasteiger partial charge in [-0.2, -0.15) is 0 Å². The zero-order chi connectivity index (χ0) is 18.2. The van der Waals surface area contributed by atoms with E-state index in [4.69, 9.17) is 0 Å². The highest BCUT2D eigenvalue weighted by Gasteiger charge is 2.39. The summed E-state index contributed by atoms with van der Waals surface area (Å²) < 4.78 is 69.1. The summed E-state index contributed by atoms with van der Waals surface area (Å²) in [6.07, 6.45) is 1.62. The van der Waals surface area contributed by atoms with Crippen molar-refractivity contribution in [1.29, 1.82) is 0 Å². The zero-order valence-corrected chi connectivity index (χ0v) is 14.6. The SMILES string of the molecule is CCC(C)(C)CC(c1c(F)c(F)c(F)c(F)c1F)C(C)(C)CC. The van der Waals surface area contributed by atoms with Gasteiger partial charge in [-0.25, -0.2) is 22.0 Å². The van der Waals surface area contributed by atoms with Crippen LogP contribution >= 0.6 is 0 Å². The summed E-state index contributed by atoms with van der Waals surface area (Å²) in [6, 6.07) is 0. The molecule has 1 rings (SSSR count). The van der Waals surface area contributed by atoms with E-state index in [0.717, 1.165) is 6.42 Å². The first-order valence-corrected chi connectivity index (χ1v) is 7.91. The fourth-order valence-electron chi connectivity index (χ4n) is 2.64. The van der Waals surface area contributed by atoms with Crippen molar-refractivity contribution >= 4 is 0 Å². The predicted octanol–water partition coefficient (Wildman–Crippen LogP) is 6.73. The molecule has 0 aromatic heterocycles. The van der Waals surface area contributed by atoms with Crippen molar-refractivity contribution in [2.24, 2.45) is 10.8 Å². The number of rotatable bonds is 6. The van der Waals surface area contributed by atoms with Crippen molar-refractivity contribution in [3.05, 3.63) is 34.6 Å². The Hall–Kier alpha value is -1.13. The quantitative estimate of drug-likeness (QED) is 0.307. The van der Waals surface area contributed by atoms with Gasteiger partial charge in [0.25, 0.3) is 0 Å². The van der Waals surface area contributed by atoms with Gasteiger partial charge in [0.1, 0.15) is 0 Å². The van der Waals surface area contributed by atoms with Gasteiger partial charge in [-0.15, -0.1) is 0 Å². The molecule has 0 heterocycles. The molecule has 1 unspecified atom stereocenters. The topological polar surface area (TPSA) is 0 Å². The van der Waals surface area contributed by atoms with Gasteiger partial charge in [0.15, 0.2) is 23.3 Å². The highest BCUT2D eigenvalue weighted by atomic mass is 19.2. The molecule has 0 saturated heterocycles. The summed E-state index contributed by atoms with van der Waals surface area (Å²) in [4.78, 5) is 0. The van der Waals surface area contributed by atoms with Gasteiger partial charge in [-0.1, -0.05) is 54.4 Å². The third-order valence-electron chi connectivity index (χ3n) is 5.16. The summed E-state index contributed by atoms with van der Waals surface area (Å²) in [5.74, 6) is -10.0. The molecule has 0 N–H and O–H groups in total. The Bertz CT molecular complexity index is 546. The molecule has 1 aromatic rings. The van der Waals surface area contributed by atoms with Gasteiger partial charge in [-0.3, -0.25) is 0 Å². The highest BCUT2D eigenvalue weighted by Crippen LogP contribution is 2.48. The summed E-state index contributed by atoms with van der Waals surface area (Å²) in [5.41, 5.74) is -1.57. The molecule has 0 aliphatic rings. The molecule has 0 amide bonds. The maximum absolute atomic E-state index is 14.3. The number of benzene rings is 1. The molecule has 0 saturated carbocycles. The second-order valence-electron chi connectivity index (χ2n) is 7.60. The first-order valence-electron chi connectivity index (χ1n) is 7.91. The molecule has 0 bridgehead atoms. The highest BCUT2D eigenvalue weighted by molar-refractivity contribution is 5.29.